The SMILES string of the molecule is COc1ccc(N=Cc2c(OCc3ccc(Cl)cc3)ccc3ccccc23)cc1. The average Bonchev–Trinajstić information content (AvgIpc) is 2.78. The lowest BCUT2D eigenvalue weighted by Crippen LogP contribution is -1.99. The fraction of sp³-hybridized carbons (Fsp3) is 0.0800. The van der Waals surface area contributed by atoms with E-state index in [9.17, 15) is 0 Å². The first-order valence-electron chi connectivity index (χ1n) is 9.30. The summed E-state index contributed by atoms with van der Waals surface area (Å²) in [6, 6.07) is 27.6. The third-order valence-corrected chi connectivity index (χ3v) is 4.91. The third kappa shape index (κ3) is 4.58. The molecule has 0 N–H and O–H groups in total. The van der Waals surface area contributed by atoms with E-state index in [4.69, 9.17) is 21.1 Å². The predicted molar refractivity (Wildman–Crippen MR) is 120 cm³/mol. The molecular formula is C25H20ClNO2. The van der Waals surface area contributed by atoms with Gasteiger partial charge in [0.25, 0.3) is 0 Å². The van der Waals surface area contributed by atoms with Gasteiger partial charge in [-0.15, -0.1) is 0 Å². The lowest BCUT2D eigenvalue weighted by Gasteiger charge is -2.12. The summed E-state index contributed by atoms with van der Waals surface area (Å²) in [6.07, 6.45) is 1.86. The first-order valence-corrected chi connectivity index (χ1v) is 9.68. The Bertz CT molecular complexity index is 1140. The van der Waals surface area contributed by atoms with Crippen molar-refractivity contribution >= 4 is 34.3 Å². The molecule has 0 amide bonds. The molecule has 0 aliphatic rings. The van der Waals surface area contributed by atoms with Crippen LogP contribution >= 0.6 is 11.6 Å². The van der Waals surface area contributed by atoms with Crippen LogP contribution in [0.5, 0.6) is 11.5 Å². The molecule has 0 unspecified atom stereocenters. The third-order valence-electron chi connectivity index (χ3n) is 4.65. The maximum absolute atomic E-state index is 6.14. The van der Waals surface area contributed by atoms with Crippen LogP contribution < -0.4 is 9.47 Å². The largest absolute Gasteiger partial charge is 0.497 e. The number of ether oxygens (including phenoxy) is 2. The zero-order chi connectivity index (χ0) is 20.1. The number of halogens is 1. The molecule has 0 heterocycles. The van der Waals surface area contributed by atoms with E-state index in [0.29, 0.717) is 11.6 Å². The van der Waals surface area contributed by atoms with Crippen molar-refractivity contribution < 1.29 is 9.47 Å². The molecule has 3 nitrogen and oxygen atoms in total. The van der Waals surface area contributed by atoms with Crippen molar-refractivity contribution in [2.24, 2.45) is 4.99 Å². The van der Waals surface area contributed by atoms with E-state index in [-0.39, 0.29) is 0 Å². The van der Waals surface area contributed by atoms with Gasteiger partial charge in [-0.3, -0.25) is 4.99 Å². The predicted octanol–water partition coefficient (Wildman–Crippen LogP) is 6.83. The van der Waals surface area contributed by atoms with E-state index in [1.54, 1.807) is 7.11 Å². The van der Waals surface area contributed by atoms with Gasteiger partial charge in [-0.05, 0) is 58.8 Å². The molecule has 0 fully saturated rings. The minimum absolute atomic E-state index is 0.457. The van der Waals surface area contributed by atoms with Crippen molar-refractivity contribution in [2.75, 3.05) is 7.11 Å². The molecule has 29 heavy (non-hydrogen) atoms. The summed E-state index contributed by atoms with van der Waals surface area (Å²) in [6.45, 7) is 0.457. The van der Waals surface area contributed by atoms with Crippen LogP contribution in [0.25, 0.3) is 10.8 Å². The normalized spacial score (nSPS) is 11.1. The molecule has 144 valence electrons. The number of aliphatic imine (C=N–C) groups is 1. The average molecular weight is 402 g/mol. The summed E-state index contributed by atoms with van der Waals surface area (Å²) in [5.41, 5.74) is 2.86. The van der Waals surface area contributed by atoms with Crippen LogP contribution in [0.15, 0.2) is 89.9 Å². The van der Waals surface area contributed by atoms with Gasteiger partial charge in [0.2, 0.25) is 0 Å². The first kappa shape index (κ1) is 19.0. The molecule has 4 aromatic rings. The molecule has 0 radical (unpaired) electrons. The Morgan fingerprint density at radius 2 is 1.62 bits per heavy atom. The molecule has 0 spiro atoms. The van der Waals surface area contributed by atoms with Crippen molar-refractivity contribution in [3.63, 3.8) is 0 Å². The van der Waals surface area contributed by atoms with E-state index in [1.165, 1.54) is 0 Å². The van der Waals surface area contributed by atoms with Gasteiger partial charge in [-0.25, -0.2) is 0 Å². The van der Waals surface area contributed by atoms with Gasteiger partial charge in [-0.1, -0.05) is 54.1 Å². The molecule has 0 bridgehead atoms. The number of fused-ring (bicyclic) bond motifs is 1. The van der Waals surface area contributed by atoms with Gasteiger partial charge in [0, 0.05) is 16.8 Å². The van der Waals surface area contributed by atoms with Crippen molar-refractivity contribution in [2.45, 2.75) is 6.61 Å². The number of nitrogens with zero attached hydrogens (tertiary/aromatic N) is 1. The first-order chi connectivity index (χ1) is 14.2. The van der Waals surface area contributed by atoms with E-state index in [1.807, 2.05) is 72.9 Å². The van der Waals surface area contributed by atoms with Gasteiger partial charge in [0.05, 0.1) is 12.8 Å². The highest BCUT2D eigenvalue weighted by atomic mass is 35.5. The van der Waals surface area contributed by atoms with Crippen LogP contribution in [-0.4, -0.2) is 13.3 Å². The van der Waals surface area contributed by atoms with Crippen molar-refractivity contribution in [3.05, 3.63) is 101 Å². The second kappa shape index (κ2) is 8.80. The van der Waals surface area contributed by atoms with Gasteiger partial charge < -0.3 is 9.47 Å². The van der Waals surface area contributed by atoms with Crippen molar-refractivity contribution in [3.8, 4) is 11.5 Å². The quantitative estimate of drug-likeness (QED) is 0.331. The molecule has 4 rings (SSSR count). The fourth-order valence-electron chi connectivity index (χ4n) is 3.08. The highest BCUT2D eigenvalue weighted by molar-refractivity contribution is 6.30. The summed E-state index contributed by atoms with van der Waals surface area (Å²) in [5.74, 6) is 1.59. The van der Waals surface area contributed by atoms with Crippen LogP contribution in [0.4, 0.5) is 5.69 Å². The van der Waals surface area contributed by atoms with E-state index in [2.05, 4.69) is 23.2 Å². The van der Waals surface area contributed by atoms with Gasteiger partial charge in [0.1, 0.15) is 18.1 Å². The van der Waals surface area contributed by atoms with Gasteiger partial charge >= 0.3 is 0 Å². The lowest BCUT2D eigenvalue weighted by molar-refractivity contribution is 0.306. The summed E-state index contributed by atoms with van der Waals surface area (Å²) in [4.78, 5) is 4.65. The minimum Gasteiger partial charge on any atom is -0.497 e. The Kier molecular flexibility index (Phi) is 5.78. The number of benzene rings is 4. The van der Waals surface area contributed by atoms with Crippen LogP contribution in [0.2, 0.25) is 5.02 Å². The Morgan fingerprint density at radius 3 is 2.38 bits per heavy atom. The van der Waals surface area contributed by atoms with Gasteiger partial charge in [0.15, 0.2) is 0 Å². The molecule has 0 aromatic heterocycles. The zero-order valence-corrected chi connectivity index (χ0v) is 16.8. The van der Waals surface area contributed by atoms with Crippen LogP contribution in [0.3, 0.4) is 0 Å². The molecule has 0 atom stereocenters. The minimum atomic E-state index is 0.457. The summed E-state index contributed by atoms with van der Waals surface area (Å²) in [7, 11) is 1.65. The van der Waals surface area contributed by atoms with E-state index < -0.39 is 0 Å². The summed E-state index contributed by atoms with van der Waals surface area (Å²) in [5, 5.41) is 2.95. The zero-order valence-electron chi connectivity index (χ0n) is 16.0. The standard InChI is InChI=1S/C25H20ClNO2/c1-28-22-13-11-21(12-14-22)27-16-24-23-5-3-2-4-19(23)8-15-25(24)29-17-18-6-9-20(26)10-7-18/h2-16H,17H2,1H3. The number of hydrogen-bond donors (Lipinski definition) is 0. The van der Waals surface area contributed by atoms with Gasteiger partial charge in [-0.2, -0.15) is 0 Å². The topological polar surface area (TPSA) is 30.8 Å². The fourth-order valence-corrected chi connectivity index (χ4v) is 3.21. The molecule has 4 aromatic carbocycles. The second-order valence-electron chi connectivity index (χ2n) is 6.57. The highest BCUT2D eigenvalue weighted by Crippen LogP contribution is 2.28. The highest BCUT2D eigenvalue weighted by Gasteiger charge is 2.08. The Morgan fingerprint density at radius 1 is 0.862 bits per heavy atom. The van der Waals surface area contributed by atoms with E-state index in [0.717, 1.165) is 39.1 Å². The molecular weight excluding hydrogens is 382 g/mol. The van der Waals surface area contributed by atoms with Crippen molar-refractivity contribution in [1.29, 1.82) is 0 Å². The van der Waals surface area contributed by atoms with Crippen LogP contribution in [-0.2, 0) is 6.61 Å². The lowest BCUT2D eigenvalue weighted by atomic mass is 10.0. The maximum Gasteiger partial charge on any atom is 0.129 e. The molecule has 0 saturated heterocycles. The van der Waals surface area contributed by atoms with E-state index >= 15 is 0 Å². The van der Waals surface area contributed by atoms with Crippen LogP contribution in [0, 0.1) is 0 Å². The Hall–Kier alpha value is -3.30. The number of methoxy groups -OCH3 is 1. The molecule has 0 aliphatic heterocycles. The number of hydrogen-bond acceptors (Lipinski definition) is 3. The van der Waals surface area contributed by atoms with Crippen LogP contribution in [0.1, 0.15) is 11.1 Å². The Labute approximate surface area is 175 Å². The smallest absolute Gasteiger partial charge is 0.129 e. The summed E-state index contributed by atoms with van der Waals surface area (Å²) >= 11 is 5.97. The number of rotatable bonds is 6. The monoisotopic (exact) mass is 401 g/mol. The molecule has 0 saturated carbocycles. The Balaban J connectivity index is 1.66. The van der Waals surface area contributed by atoms with Crippen molar-refractivity contribution in [1.82, 2.24) is 0 Å². The second-order valence-corrected chi connectivity index (χ2v) is 7.01. The molecule has 4 heteroatoms. The summed E-state index contributed by atoms with van der Waals surface area (Å²) < 4.78 is 11.4. The molecule has 0 aliphatic carbocycles. The maximum atomic E-state index is 6.14.